The van der Waals surface area contributed by atoms with Gasteiger partial charge in [-0.2, -0.15) is 13.2 Å². The molecule has 3 aromatic carbocycles. The zero-order valence-corrected chi connectivity index (χ0v) is 25.7. The van der Waals surface area contributed by atoms with Gasteiger partial charge in [0.1, 0.15) is 17.1 Å². The SMILES string of the molecule is CSc1ccccc1-c1ccc(NC(=O)C2CCC(c3cccc(CNC(=O)OC(C)(C)C)c3)N=C(C(F)(F)F)C2)c(F)c1. The predicted molar refractivity (Wildman–Crippen MR) is 165 cm³/mol. The van der Waals surface area contributed by atoms with Crippen molar-refractivity contribution >= 4 is 35.2 Å². The highest BCUT2D eigenvalue weighted by atomic mass is 32.2. The second kappa shape index (κ2) is 13.8. The minimum Gasteiger partial charge on any atom is -0.444 e. The maximum absolute atomic E-state index is 15.1. The average molecular weight is 630 g/mol. The van der Waals surface area contributed by atoms with Crippen LogP contribution < -0.4 is 10.6 Å². The predicted octanol–water partition coefficient (Wildman–Crippen LogP) is 8.72. The minimum absolute atomic E-state index is 0.100. The molecule has 3 aromatic rings. The van der Waals surface area contributed by atoms with Crippen molar-refractivity contribution in [2.45, 2.75) is 69.3 Å². The van der Waals surface area contributed by atoms with E-state index in [1.165, 1.54) is 23.9 Å². The van der Waals surface area contributed by atoms with Gasteiger partial charge in [0, 0.05) is 23.8 Å². The molecule has 234 valence electrons. The van der Waals surface area contributed by atoms with E-state index in [0.717, 1.165) is 10.5 Å². The van der Waals surface area contributed by atoms with Crippen molar-refractivity contribution in [3.63, 3.8) is 0 Å². The standard InChI is InChI=1S/C33H35F4N3O3S/c1-32(2,3)43-31(42)38-19-20-8-7-9-22(16-20)26-14-13-23(18-29(39-26)33(35,36)37)30(41)40-27-15-12-21(17-25(27)34)24-10-5-6-11-28(24)44-4/h5-12,15-17,23,26H,13-14,18-19H2,1-4H3,(H,38,42)(H,40,41). The van der Waals surface area contributed by atoms with Crippen molar-refractivity contribution in [1.29, 1.82) is 0 Å². The molecule has 0 aliphatic carbocycles. The first-order valence-electron chi connectivity index (χ1n) is 14.2. The van der Waals surface area contributed by atoms with Crippen LogP contribution in [0.5, 0.6) is 0 Å². The van der Waals surface area contributed by atoms with Gasteiger partial charge in [-0.1, -0.05) is 48.5 Å². The summed E-state index contributed by atoms with van der Waals surface area (Å²) in [6, 6.07) is 17.9. The number of carbonyl (C=O) groups is 2. The number of amides is 2. The average Bonchev–Trinajstić information content (AvgIpc) is 3.20. The van der Waals surface area contributed by atoms with Crippen LogP contribution in [0.4, 0.5) is 28.0 Å². The van der Waals surface area contributed by atoms with E-state index < -0.39 is 53.7 Å². The first-order chi connectivity index (χ1) is 20.7. The minimum atomic E-state index is -4.74. The number of aliphatic imine (C=N–C) groups is 1. The summed E-state index contributed by atoms with van der Waals surface area (Å²) in [4.78, 5) is 30.2. The number of alkyl halides is 3. The van der Waals surface area contributed by atoms with Gasteiger partial charge in [0.05, 0.1) is 11.7 Å². The molecular formula is C33H35F4N3O3S. The number of nitrogens with one attached hydrogen (secondary N) is 2. The van der Waals surface area contributed by atoms with Gasteiger partial charge < -0.3 is 15.4 Å². The Morgan fingerprint density at radius 1 is 1.00 bits per heavy atom. The van der Waals surface area contributed by atoms with E-state index in [9.17, 15) is 22.8 Å². The Morgan fingerprint density at radius 3 is 2.43 bits per heavy atom. The molecule has 1 heterocycles. The maximum atomic E-state index is 15.1. The zero-order valence-electron chi connectivity index (χ0n) is 24.9. The van der Waals surface area contributed by atoms with Crippen LogP contribution in [0.25, 0.3) is 11.1 Å². The molecule has 6 nitrogen and oxygen atoms in total. The van der Waals surface area contributed by atoms with E-state index in [2.05, 4.69) is 15.6 Å². The largest absolute Gasteiger partial charge is 0.444 e. The third kappa shape index (κ3) is 8.84. The van der Waals surface area contributed by atoms with E-state index in [-0.39, 0.29) is 25.1 Å². The molecule has 2 atom stereocenters. The number of nitrogens with zero attached hydrogens (tertiary/aromatic N) is 1. The van der Waals surface area contributed by atoms with Gasteiger partial charge in [0.15, 0.2) is 0 Å². The van der Waals surface area contributed by atoms with Crippen LogP contribution in [-0.4, -0.2) is 35.7 Å². The Labute approximate surface area is 258 Å². The van der Waals surface area contributed by atoms with Crippen LogP contribution in [0.1, 0.15) is 57.2 Å². The van der Waals surface area contributed by atoms with Gasteiger partial charge in [-0.3, -0.25) is 9.79 Å². The van der Waals surface area contributed by atoms with Gasteiger partial charge in [-0.25, -0.2) is 9.18 Å². The van der Waals surface area contributed by atoms with Crippen LogP contribution in [0.3, 0.4) is 0 Å². The second-order valence-corrected chi connectivity index (χ2v) is 12.4. The van der Waals surface area contributed by atoms with E-state index in [1.807, 2.05) is 30.5 Å². The summed E-state index contributed by atoms with van der Waals surface area (Å²) in [5.74, 6) is -2.44. The molecule has 0 radical (unpaired) electrons. The summed E-state index contributed by atoms with van der Waals surface area (Å²) < 4.78 is 62.5. The lowest BCUT2D eigenvalue weighted by Gasteiger charge is -2.20. The number of rotatable bonds is 7. The highest BCUT2D eigenvalue weighted by Crippen LogP contribution is 2.36. The number of halogens is 4. The molecule has 1 aliphatic heterocycles. The van der Waals surface area contributed by atoms with Crippen molar-refractivity contribution in [1.82, 2.24) is 5.32 Å². The zero-order chi connectivity index (χ0) is 32.1. The number of alkyl carbamates (subject to hydrolysis) is 1. The summed E-state index contributed by atoms with van der Waals surface area (Å²) in [7, 11) is 0. The molecule has 0 aromatic heterocycles. The number of benzene rings is 3. The summed E-state index contributed by atoms with van der Waals surface area (Å²) in [6.07, 6.45) is -3.77. The number of hydrogen-bond donors (Lipinski definition) is 2. The smallest absolute Gasteiger partial charge is 0.429 e. The molecule has 2 unspecified atom stereocenters. The molecular weight excluding hydrogens is 594 g/mol. The van der Waals surface area contributed by atoms with Crippen molar-refractivity contribution < 1.29 is 31.9 Å². The molecule has 0 spiro atoms. The summed E-state index contributed by atoms with van der Waals surface area (Å²) >= 11 is 1.52. The highest BCUT2D eigenvalue weighted by Gasteiger charge is 2.40. The quantitative estimate of drug-likeness (QED) is 0.202. The molecule has 4 rings (SSSR count). The monoisotopic (exact) mass is 629 g/mol. The van der Waals surface area contributed by atoms with Crippen molar-refractivity contribution in [3.05, 3.63) is 83.7 Å². The van der Waals surface area contributed by atoms with E-state index in [4.69, 9.17) is 4.74 Å². The van der Waals surface area contributed by atoms with Crippen molar-refractivity contribution in [3.8, 4) is 11.1 Å². The van der Waals surface area contributed by atoms with Gasteiger partial charge in [-0.15, -0.1) is 11.8 Å². The molecule has 11 heteroatoms. The summed E-state index contributed by atoms with van der Waals surface area (Å²) in [6.45, 7) is 5.33. The van der Waals surface area contributed by atoms with Crippen molar-refractivity contribution in [2.24, 2.45) is 10.9 Å². The van der Waals surface area contributed by atoms with Gasteiger partial charge in [0.25, 0.3) is 0 Å². The number of thioether (sulfide) groups is 1. The first kappa shape index (κ1) is 33.0. The fourth-order valence-electron chi connectivity index (χ4n) is 4.95. The van der Waals surface area contributed by atoms with Crippen LogP contribution in [0, 0.1) is 11.7 Å². The number of carbonyl (C=O) groups excluding carboxylic acids is 2. The van der Waals surface area contributed by atoms with Crippen LogP contribution >= 0.6 is 11.8 Å². The Balaban J connectivity index is 1.48. The number of ether oxygens (including phenoxy) is 1. The Morgan fingerprint density at radius 2 is 1.75 bits per heavy atom. The third-order valence-corrected chi connectivity index (χ3v) is 7.85. The van der Waals surface area contributed by atoms with E-state index in [1.54, 1.807) is 51.1 Å². The highest BCUT2D eigenvalue weighted by molar-refractivity contribution is 7.98. The Kier molecular flexibility index (Phi) is 10.4. The maximum Gasteiger partial charge on any atom is 0.429 e. The fourth-order valence-corrected chi connectivity index (χ4v) is 5.57. The number of hydrogen-bond acceptors (Lipinski definition) is 5. The van der Waals surface area contributed by atoms with Crippen LogP contribution in [0.2, 0.25) is 0 Å². The van der Waals surface area contributed by atoms with E-state index in [0.29, 0.717) is 16.7 Å². The fraction of sp³-hybridized carbons (Fsp3) is 0.364. The third-order valence-electron chi connectivity index (χ3n) is 7.05. The summed E-state index contributed by atoms with van der Waals surface area (Å²) in [5, 5.41) is 5.14. The van der Waals surface area contributed by atoms with Gasteiger partial charge >= 0.3 is 12.3 Å². The Bertz CT molecular complexity index is 1540. The molecule has 0 bridgehead atoms. The molecule has 0 saturated carbocycles. The topological polar surface area (TPSA) is 79.8 Å². The Hall–Kier alpha value is -3.86. The molecule has 0 fully saturated rings. The molecule has 1 aliphatic rings. The van der Waals surface area contributed by atoms with Gasteiger partial charge in [0.2, 0.25) is 5.91 Å². The van der Waals surface area contributed by atoms with Crippen LogP contribution in [0.15, 0.2) is 76.6 Å². The lowest BCUT2D eigenvalue weighted by molar-refractivity contribution is -0.120. The van der Waals surface area contributed by atoms with Crippen molar-refractivity contribution in [2.75, 3.05) is 11.6 Å². The molecule has 2 amide bonds. The number of anilines is 1. The normalized spacial score (nSPS) is 17.3. The molecule has 44 heavy (non-hydrogen) atoms. The lowest BCUT2D eigenvalue weighted by atomic mass is 9.93. The summed E-state index contributed by atoms with van der Waals surface area (Å²) in [5.41, 5.74) is 0.838. The first-order valence-corrected chi connectivity index (χ1v) is 15.4. The molecule has 2 N–H and O–H groups in total. The lowest BCUT2D eigenvalue weighted by Crippen LogP contribution is -2.32. The van der Waals surface area contributed by atoms with Crippen LogP contribution in [-0.2, 0) is 16.1 Å². The van der Waals surface area contributed by atoms with E-state index >= 15 is 4.39 Å². The molecule has 0 saturated heterocycles. The second-order valence-electron chi connectivity index (χ2n) is 11.6. The van der Waals surface area contributed by atoms with Gasteiger partial charge in [-0.05, 0) is 80.3 Å².